The van der Waals surface area contributed by atoms with Crippen molar-refractivity contribution in [2.24, 2.45) is 0 Å². The zero-order valence-electron chi connectivity index (χ0n) is 8.98. The molecule has 84 valence electrons. The Labute approximate surface area is 94.0 Å². The summed E-state index contributed by atoms with van der Waals surface area (Å²) in [7, 11) is 0. The van der Waals surface area contributed by atoms with Gasteiger partial charge in [-0.2, -0.15) is 0 Å². The van der Waals surface area contributed by atoms with Crippen molar-refractivity contribution >= 4 is 5.97 Å². The summed E-state index contributed by atoms with van der Waals surface area (Å²) in [4.78, 5) is 10.9. The van der Waals surface area contributed by atoms with Gasteiger partial charge in [-0.1, -0.05) is 0 Å². The molecule has 1 aromatic rings. The molecule has 0 aliphatic heterocycles. The van der Waals surface area contributed by atoms with E-state index in [4.69, 9.17) is 9.84 Å². The van der Waals surface area contributed by atoms with Crippen molar-refractivity contribution in [3.05, 3.63) is 29.3 Å². The van der Waals surface area contributed by atoms with Crippen molar-refractivity contribution < 1.29 is 14.6 Å². The van der Waals surface area contributed by atoms with Crippen LogP contribution in [0.4, 0.5) is 0 Å². The number of ether oxygens (including phenoxy) is 1. The molecule has 0 aromatic heterocycles. The fraction of sp³-hybridized carbons (Fsp3) is 0.462. The van der Waals surface area contributed by atoms with Crippen LogP contribution in [-0.4, -0.2) is 17.2 Å². The summed E-state index contributed by atoms with van der Waals surface area (Å²) in [5, 5.41) is 8.96. The van der Waals surface area contributed by atoms with Gasteiger partial charge in [0.05, 0.1) is 11.7 Å². The van der Waals surface area contributed by atoms with Gasteiger partial charge in [-0.15, -0.1) is 0 Å². The van der Waals surface area contributed by atoms with Gasteiger partial charge in [0.1, 0.15) is 5.75 Å². The second-order valence-electron chi connectivity index (χ2n) is 4.65. The van der Waals surface area contributed by atoms with Gasteiger partial charge in [0.2, 0.25) is 0 Å². The standard InChI is InChI=1S/C13H14O3/c14-13(15)9-3-6-12(16-10-4-5-10)11(7-9)8-1-2-8/h3,6-8,10H,1-2,4-5H2,(H,14,15). The highest BCUT2D eigenvalue weighted by atomic mass is 16.5. The van der Waals surface area contributed by atoms with Crippen LogP contribution < -0.4 is 4.74 Å². The second kappa shape index (κ2) is 3.51. The first-order chi connectivity index (χ1) is 7.74. The van der Waals surface area contributed by atoms with Gasteiger partial charge in [0.15, 0.2) is 0 Å². The summed E-state index contributed by atoms with van der Waals surface area (Å²) in [6, 6.07) is 5.22. The lowest BCUT2D eigenvalue weighted by Crippen LogP contribution is -2.02. The van der Waals surface area contributed by atoms with Crippen LogP contribution in [0, 0.1) is 0 Å². The van der Waals surface area contributed by atoms with Gasteiger partial charge >= 0.3 is 5.97 Å². The molecular weight excluding hydrogens is 204 g/mol. The normalized spacial score (nSPS) is 19.5. The van der Waals surface area contributed by atoms with Gasteiger partial charge < -0.3 is 9.84 Å². The first kappa shape index (κ1) is 9.70. The molecule has 0 heterocycles. The zero-order valence-corrected chi connectivity index (χ0v) is 8.98. The highest BCUT2D eigenvalue weighted by molar-refractivity contribution is 5.88. The fourth-order valence-corrected chi connectivity index (χ4v) is 1.87. The second-order valence-corrected chi connectivity index (χ2v) is 4.65. The molecule has 2 aliphatic carbocycles. The molecule has 2 saturated carbocycles. The van der Waals surface area contributed by atoms with Crippen molar-refractivity contribution in [3.8, 4) is 5.75 Å². The van der Waals surface area contributed by atoms with E-state index in [2.05, 4.69) is 0 Å². The highest BCUT2D eigenvalue weighted by Crippen LogP contribution is 2.45. The molecule has 3 heteroatoms. The van der Waals surface area contributed by atoms with E-state index < -0.39 is 5.97 Å². The van der Waals surface area contributed by atoms with Gasteiger partial charge in [-0.3, -0.25) is 0 Å². The number of carbonyl (C=O) groups is 1. The van der Waals surface area contributed by atoms with Crippen molar-refractivity contribution in [1.82, 2.24) is 0 Å². The quantitative estimate of drug-likeness (QED) is 0.845. The van der Waals surface area contributed by atoms with Crippen LogP contribution in [0.5, 0.6) is 5.75 Å². The maximum Gasteiger partial charge on any atom is 0.335 e. The van der Waals surface area contributed by atoms with Gasteiger partial charge in [-0.05, 0) is 55.4 Å². The average Bonchev–Trinajstić information content (AvgIpc) is 3.13. The van der Waals surface area contributed by atoms with E-state index in [0.717, 1.165) is 37.0 Å². The molecule has 2 fully saturated rings. The van der Waals surface area contributed by atoms with Crippen LogP contribution >= 0.6 is 0 Å². The number of carboxylic acid groups (broad SMARTS) is 1. The summed E-state index contributed by atoms with van der Waals surface area (Å²) >= 11 is 0. The molecule has 0 atom stereocenters. The summed E-state index contributed by atoms with van der Waals surface area (Å²) in [5.41, 5.74) is 1.46. The number of benzene rings is 1. The summed E-state index contributed by atoms with van der Waals surface area (Å²) in [6.45, 7) is 0. The molecule has 0 spiro atoms. The highest BCUT2D eigenvalue weighted by Gasteiger charge is 2.30. The molecule has 3 nitrogen and oxygen atoms in total. The Morgan fingerprint density at radius 1 is 1.25 bits per heavy atom. The monoisotopic (exact) mass is 218 g/mol. The van der Waals surface area contributed by atoms with E-state index in [1.165, 1.54) is 0 Å². The van der Waals surface area contributed by atoms with Gasteiger partial charge in [-0.25, -0.2) is 4.79 Å². The number of hydrogen-bond acceptors (Lipinski definition) is 2. The lowest BCUT2D eigenvalue weighted by atomic mass is 10.1. The molecule has 16 heavy (non-hydrogen) atoms. The summed E-state index contributed by atoms with van der Waals surface area (Å²) < 4.78 is 5.80. The third kappa shape index (κ3) is 1.90. The fourth-order valence-electron chi connectivity index (χ4n) is 1.87. The van der Waals surface area contributed by atoms with Crippen LogP contribution in [0.2, 0.25) is 0 Å². The molecule has 0 amide bonds. The van der Waals surface area contributed by atoms with Crippen molar-refractivity contribution in [1.29, 1.82) is 0 Å². The Bertz CT molecular complexity index is 431. The Morgan fingerprint density at radius 3 is 2.56 bits per heavy atom. The van der Waals surface area contributed by atoms with Crippen LogP contribution in [0.25, 0.3) is 0 Å². The molecule has 1 aromatic carbocycles. The Balaban J connectivity index is 1.92. The van der Waals surface area contributed by atoms with E-state index in [9.17, 15) is 4.79 Å². The lowest BCUT2D eigenvalue weighted by molar-refractivity contribution is 0.0696. The van der Waals surface area contributed by atoms with Crippen molar-refractivity contribution in [3.63, 3.8) is 0 Å². The van der Waals surface area contributed by atoms with Crippen molar-refractivity contribution in [2.45, 2.75) is 37.7 Å². The third-order valence-electron chi connectivity index (χ3n) is 3.09. The predicted molar refractivity (Wildman–Crippen MR) is 59.0 cm³/mol. The molecule has 3 rings (SSSR count). The first-order valence-electron chi connectivity index (χ1n) is 5.78. The van der Waals surface area contributed by atoms with E-state index in [1.807, 2.05) is 6.07 Å². The minimum absolute atomic E-state index is 0.366. The Hall–Kier alpha value is -1.51. The third-order valence-corrected chi connectivity index (χ3v) is 3.09. The van der Waals surface area contributed by atoms with E-state index >= 15 is 0 Å². The van der Waals surface area contributed by atoms with Crippen molar-refractivity contribution in [2.75, 3.05) is 0 Å². The maximum absolute atomic E-state index is 10.9. The predicted octanol–water partition coefficient (Wildman–Crippen LogP) is 2.80. The summed E-state index contributed by atoms with van der Waals surface area (Å²) in [6.07, 6.45) is 4.94. The van der Waals surface area contributed by atoms with Crippen LogP contribution in [0.15, 0.2) is 18.2 Å². The number of aromatic carboxylic acids is 1. The topological polar surface area (TPSA) is 46.5 Å². The van der Waals surface area contributed by atoms with Gasteiger partial charge in [0, 0.05) is 0 Å². The lowest BCUT2D eigenvalue weighted by Gasteiger charge is -2.11. The van der Waals surface area contributed by atoms with E-state index in [-0.39, 0.29) is 0 Å². The van der Waals surface area contributed by atoms with E-state index in [0.29, 0.717) is 17.6 Å². The molecular formula is C13H14O3. The van der Waals surface area contributed by atoms with Crippen LogP contribution in [0.1, 0.15) is 47.5 Å². The largest absolute Gasteiger partial charge is 0.490 e. The Kier molecular flexibility index (Phi) is 2.13. The smallest absolute Gasteiger partial charge is 0.335 e. The SMILES string of the molecule is O=C(O)c1ccc(OC2CC2)c(C2CC2)c1. The minimum atomic E-state index is -0.861. The molecule has 0 saturated heterocycles. The zero-order chi connectivity index (χ0) is 11.1. The van der Waals surface area contributed by atoms with Crippen LogP contribution in [-0.2, 0) is 0 Å². The van der Waals surface area contributed by atoms with Crippen LogP contribution in [0.3, 0.4) is 0 Å². The summed E-state index contributed by atoms with van der Waals surface area (Å²) in [5.74, 6) is 0.558. The number of rotatable bonds is 4. The molecule has 0 radical (unpaired) electrons. The molecule has 1 N–H and O–H groups in total. The number of carboxylic acids is 1. The van der Waals surface area contributed by atoms with Gasteiger partial charge in [0.25, 0.3) is 0 Å². The Morgan fingerprint density at radius 2 is 2.00 bits per heavy atom. The molecule has 0 bridgehead atoms. The molecule has 2 aliphatic rings. The molecule has 0 unspecified atom stereocenters. The average molecular weight is 218 g/mol. The minimum Gasteiger partial charge on any atom is -0.490 e. The first-order valence-corrected chi connectivity index (χ1v) is 5.78. The number of hydrogen-bond donors (Lipinski definition) is 1. The maximum atomic E-state index is 10.9. The van der Waals surface area contributed by atoms with E-state index in [1.54, 1.807) is 12.1 Å².